The monoisotopic (exact) mass is 295 g/mol. The Bertz CT molecular complexity index is 590. The van der Waals surface area contributed by atoms with Gasteiger partial charge in [-0.3, -0.25) is 19.7 Å². The van der Waals surface area contributed by atoms with Gasteiger partial charge in [0.25, 0.3) is 5.69 Å². The lowest BCUT2D eigenvalue weighted by molar-refractivity contribution is -0.383. The highest BCUT2D eigenvalue weighted by molar-refractivity contribution is 8.14. The largest absolute Gasteiger partial charge is 0.393 e. The molecule has 1 atom stereocenters. The molecule has 1 aromatic carbocycles. The van der Waals surface area contributed by atoms with Crippen LogP contribution in [-0.4, -0.2) is 27.7 Å². The summed E-state index contributed by atoms with van der Waals surface area (Å²) in [4.78, 5) is 34.7. The fraction of sp³-hybridized carbons (Fsp3) is 0.333. The second-order valence-corrected chi connectivity index (χ2v) is 5.92. The summed E-state index contributed by atoms with van der Waals surface area (Å²) in [5.74, 6) is -0.150. The molecule has 0 saturated carbocycles. The van der Waals surface area contributed by atoms with Crippen molar-refractivity contribution in [1.82, 2.24) is 0 Å². The van der Waals surface area contributed by atoms with Crippen molar-refractivity contribution in [3.8, 4) is 0 Å². The van der Waals surface area contributed by atoms with Crippen LogP contribution < -0.4 is 10.6 Å². The Morgan fingerprint density at radius 3 is 2.85 bits per heavy atom. The Morgan fingerprint density at radius 1 is 1.55 bits per heavy atom. The summed E-state index contributed by atoms with van der Waals surface area (Å²) in [6, 6.07) is 4.27. The maximum Gasteiger partial charge on any atom is 0.294 e. The van der Waals surface area contributed by atoms with Crippen molar-refractivity contribution in [1.29, 1.82) is 0 Å². The molecule has 106 valence electrons. The number of amides is 1. The molecule has 1 unspecified atom stereocenters. The molecule has 7 nitrogen and oxygen atoms in total. The number of nitrogen functional groups attached to an aromatic ring is 1. The molecular weight excluding hydrogens is 282 g/mol. The maximum atomic E-state index is 11.9. The normalized spacial score (nSPS) is 18.4. The van der Waals surface area contributed by atoms with E-state index in [0.717, 1.165) is 11.8 Å². The molecule has 0 spiro atoms. The smallest absolute Gasteiger partial charge is 0.294 e. The van der Waals surface area contributed by atoms with E-state index in [1.165, 1.54) is 24.0 Å². The number of benzene rings is 1. The van der Waals surface area contributed by atoms with E-state index in [2.05, 4.69) is 0 Å². The minimum absolute atomic E-state index is 0.0482. The lowest BCUT2D eigenvalue weighted by Gasteiger charge is -2.16. The fourth-order valence-corrected chi connectivity index (χ4v) is 3.02. The maximum absolute atomic E-state index is 11.9. The van der Waals surface area contributed by atoms with Crippen molar-refractivity contribution >= 4 is 39.8 Å². The molecule has 1 aromatic rings. The highest BCUT2D eigenvalue weighted by Crippen LogP contribution is 2.32. The SMILES string of the molecule is CC(=O)SC1CC(=O)N(c2ccc(N)c([N+](=O)[O-])c2)C1. The van der Waals surface area contributed by atoms with Gasteiger partial charge in [0.05, 0.1) is 10.6 Å². The zero-order valence-electron chi connectivity index (χ0n) is 10.7. The van der Waals surface area contributed by atoms with Crippen molar-refractivity contribution in [3.63, 3.8) is 0 Å². The van der Waals surface area contributed by atoms with Gasteiger partial charge in [-0.1, -0.05) is 11.8 Å². The van der Waals surface area contributed by atoms with Crippen molar-refractivity contribution in [2.45, 2.75) is 18.6 Å². The summed E-state index contributed by atoms with van der Waals surface area (Å²) < 4.78 is 0. The summed E-state index contributed by atoms with van der Waals surface area (Å²) in [5.41, 5.74) is 5.79. The summed E-state index contributed by atoms with van der Waals surface area (Å²) >= 11 is 1.12. The van der Waals surface area contributed by atoms with Crippen LogP contribution in [0.15, 0.2) is 18.2 Å². The summed E-state index contributed by atoms with van der Waals surface area (Å²) in [6.07, 6.45) is 0.252. The molecule has 2 rings (SSSR count). The van der Waals surface area contributed by atoms with Crippen molar-refractivity contribution in [2.24, 2.45) is 0 Å². The molecule has 8 heteroatoms. The van der Waals surface area contributed by atoms with Crippen LogP contribution in [0.5, 0.6) is 0 Å². The van der Waals surface area contributed by atoms with E-state index in [-0.39, 0.29) is 34.1 Å². The predicted molar refractivity (Wildman–Crippen MR) is 76.5 cm³/mol. The van der Waals surface area contributed by atoms with Gasteiger partial charge in [0.2, 0.25) is 5.91 Å². The van der Waals surface area contributed by atoms with Crippen molar-refractivity contribution in [2.75, 3.05) is 17.2 Å². The van der Waals surface area contributed by atoms with Crippen LogP contribution in [-0.2, 0) is 9.59 Å². The molecule has 1 amide bonds. The van der Waals surface area contributed by atoms with Crippen LogP contribution in [0.4, 0.5) is 17.1 Å². The lowest BCUT2D eigenvalue weighted by atomic mass is 10.2. The van der Waals surface area contributed by atoms with E-state index in [1.54, 1.807) is 6.07 Å². The van der Waals surface area contributed by atoms with Gasteiger partial charge in [0.15, 0.2) is 5.12 Å². The van der Waals surface area contributed by atoms with Gasteiger partial charge in [0.1, 0.15) is 5.69 Å². The number of anilines is 2. The Hall–Kier alpha value is -2.09. The second kappa shape index (κ2) is 5.49. The third-order valence-electron chi connectivity index (χ3n) is 2.94. The molecule has 0 radical (unpaired) electrons. The zero-order chi connectivity index (χ0) is 14.9. The minimum Gasteiger partial charge on any atom is -0.393 e. The number of rotatable bonds is 3. The topological polar surface area (TPSA) is 107 Å². The van der Waals surface area contributed by atoms with Gasteiger partial charge in [-0.25, -0.2) is 0 Å². The van der Waals surface area contributed by atoms with Crippen LogP contribution in [0, 0.1) is 10.1 Å². The second-order valence-electron chi connectivity index (χ2n) is 4.44. The van der Waals surface area contributed by atoms with E-state index in [1.807, 2.05) is 0 Å². The molecular formula is C12H13N3O4S. The summed E-state index contributed by atoms with van der Waals surface area (Å²) in [5, 5.41) is 10.7. The number of hydrogen-bond donors (Lipinski definition) is 1. The van der Waals surface area contributed by atoms with Crippen molar-refractivity contribution in [3.05, 3.63) is 28.3 Å². The van der Waals surface area contributed by atoms with Crippen molar-refractivity contribution < 1.29 is 14.5 Å². The van der Waals surface area contributed by atoms with Crippen LogP contribution >= 0.6 is 11.8 Å². The van der Waals surface area contributed by atoms with Crippen LogP contribution in [0.1, 0.15) is 13.3 Å². The molecule has 1 saturated heterocycles. The van der Waals surface area contributed by atoms with Crippen LogP contribution in [0.25, 0.3) is 0 Å². The molecule has 1 aliphatic rings. The number of thioether (sulfide) groups is 1. The van der Waals surface area contributed by atoms with Crippen LogP contribution in [0.3, 0.4) is 0 Å². The van der Waals surface area contributed by atoms with E-state index < -0.39 is 4.92 Å². The van der Waals surface area contributed by atoms with Gasteiger partial charge in [-0.15, -0.1) is 0 Å². The Labute approximate surface area is 119 Å². The quantitative estimate of drug-likeness (QED) is 0.515. The number of hydrogen-bond acceptors (Lipinski definition) is 6. The van der Waals surface area contributed by atoms with E-state index in [0.29, 0.717) is 12.2 Å². The number of carbonyl (C=O) groups excluding carboxylic acids is 2. The van der Waals surface area contributed by atoms with E-state index in [4.69, 9.17) is 5.73 Å². The van der Waals surface area contributed by atoms with Gasteiger partial charge >= 0.3 is 0 Å². The Morgan fingerprint density at radius 2 is 2.25 bits per heavy atom. The third kappa shape index (κ3) is 2.90. The van der Waals surface area contributed by atoms with Gasteiger partial charge < -0.3 is 10.6 Å². The minimum atomic E-state index is -0.582. The first-order valence-corrected chi connectivity index (χ1v) is 6.78. The molecule has 20 heavy (non-hydrogen) atoms. The van der Waals surface area contributed by atoms with Gasteiger partial charge in [-0.2, -0.15) is 0 Å². The molecule has 2 N–H and O–H groups in total. The molecule has 1 heterocycles. The average molecular weight is 295 g/mol. The number of nitrogens with zero attached hydrogens (tertiary/aromatic N) is 2. The fourth-order valence-electron chi connectivity index (χ4n) is 2.10. The highest BCUT2D eigenvalue weighted by Gasteiger charge is 2.32. The predicted octanol–water partition coefficient (Wildman–Crippen LogP) is 1.56. The zero-order valence-corrected chi connectivity index (χ0v) is 11.6. The van der Waals surface area contributed by atoms with Crippen LogP contribution in [0.2, 0.25) is 0 Å². The van der Waals surface area contributed by atoms with E-state index in [9.17, 15) is 19.7 Å². The molecule has 1 fully saturated rings. The first-order valence-electron chi connectivity index (χ1n) is 5.90. The number of nitro groups is 1. The Balaban J connectivity index is 2.24. The molecule has 1 aliphatic heterocycles. The third-order valence-corrected chi connectivity index (χ3v) is 3.93. The Kier molecular flexibility index (Phi) is 3.93. The first kappa shape index (κ1) is 14.3. The standard InChI is InChI=1S/C12H13N3O4S/c1-7(16)20-9-5-12(17)14(6-9)8-2-3-10(13)11(4-8)15(18)19/h2-4,9H,5-6,13H2,1H3. The molecule has 0 bridgehead atoms. The summed E-state index contributed by atoms with van der Waals surface area (Å²) in [7, 11) is 0. The highest BCUT2D eigenvalue weighted by atomic mass is 32.2. The average Bonchev–Trinajstić information content (AvgIpc) is 2.69. The van der Waals surface area contributed by atoms with Gasteiger partial charge in [-0.05, 0) is 12.1 Å². The molecule has 0 aliphatic carbocycles. The summed E-state index contributed by atoms with van der Waals surface area (Å²) in [6.45, 7) is 1.82. The number of carbonyl (C=O) groups is 2. The number of nitro benzene ring substituents is 1. The molecule has 0 aromatic heterocycles. The lowest BCUT2D eigenvalue weighted by Crippen LogP contribution is -2.25. The van der Waals surface area contributed by atoms with E-state index >= 15 is 0 Å². The van der Waals surface area contributed by atoms with Gasteiger partial charge in [0, 0.05) is 31.2 Å². The number of nitrogens with two attached hydrogens (primary N) is 1. The first-order chi connectivity index (χ1) is 9.38.